The monoisotopic (exact) mass is 337 g/mol. The Balaban J connectivity index is 1.66. The van der Waals surface area contributed by atoms with Gasteiger partial charge >= 0.3 is 5.97 Å². The topological polar surface area (TPSA) is 77.2 Å². The summed E-state index contributed by atoms with van der Waals surface area (Å²) < 4.78 is 10.4. The maximum Gasteiger partial charge on any atom is 0.340 e. The van der Waals surface area contributed by atoms with Gasteiger partial charge in [0.1, 0.15) is 0 Å². The molecule has 0 radical (unpaired) electrons. The molecule has 1 N–H and O–H groups in total. The first kappa shape index (κ1) is 16.7. The van der Waals surface area contributed by atoms with E-state index in [0.717, 1.165) is 12.0 Å². The molecule has 0 saturated heterocycles. The van der Waals surface area contributed by atoms with Crippen molar-refractivity contribution in [2.45, 2.75) is 20.0 Å². The molecule has 1 aromatic heterocycles. The van der Waals surface area contributed by atoms with Crippen LogP contribution in [0.1, 0.15) is 28.7 Å². The number of esters is 1. The van der Waals surface area contributed by atoms with Gasteiger partial charge in [-0.15, -0.1) is 0 Å². The fourth-order valence-electron chi connectivity index (χ4n) is 2.40. The van der Waals surface area contributed by atoms with Crippen molar-refractivity contribution in [2.24, 2.45) is 0 Å². The van der Waals surface area contributed by atoms with E-state index < -0.39 is 5.97 Å². The minimum Gasteiger partial charge on any atom is -0.452 e. The summed E-state index contributed by atoms with van der Waals surface area (Å²) in [6.07, 6.45) is 0.974. The third-order valence-corrected chi connectivity index (χ3v) is 3.83. The van der Waals surface area contributed by atoms with Crippen molar-refractivity contribution < 1.29 is 14.1 Å². The van der Waals surface area contributed by atoms with Crippen molar-refractivity contribution >= 4 is 11.7 Å². The van der Waals surface area contributed by atoms with Crippen LogP contribution in [-0.4, -0.2) is 23.2 Å². The van der Waals surface area contributed by atoms with E-state index in [9.17, 15) is 4.79 Å². The Hall–Kier alpha value is -3.15. The number of carbonyl (C=O) groups is 1. The number of hydrogen-bond donors (Lipinski definition) is 1. The van der Waals surface area contributed by atoms with Gasteiger partial charge < -0.3 is 14.6 Å². The van der Waals surface area contributed by atoms with E-state index in [-0.39, 0.29) is 12.5 Å². The van der Waals surface area contributed by atoms with E-state index in [1.807, 2.05) is 30.3 Å². The third kappa shape index (κ3) is 3.85. The molecule has 3 rings (SSSR count). The van der Waals surface area contributed by atoms with Crippen molar-refractivity contribution in [3.05, 3.63) is 65.5 Å². The van der Waals surface area contributed by atoms with Crippen LogP contribution in [0.5, 0.6) is 0 Å². The molecule has 0 aliphatic heterocycles. The average Bonchev–Trinajstić information content (AvgIpc) is 3.15. The molecule has 25 heavy (non-hydrogen) atoms. The van der Waals surface area contributed by atoms with Crippen LogP contribution in [0.4, 0.5) is 5.69 Å². The molecule has 0 bridgehead atoms. The highest BCUT2D eigenvalue weighted by atomic mass is 16.6. The minimum atomic E-state index is -0.447. The van der Waals surface area contributed by atoms with Crippen LogP contribution in [0.2, 0.25) is 0 Å². The normalized spacial score (nSPS) is 10.5. The van der Waals surface area contributed by atoms with Gasteiger partial charge in [0, 0.05) is 18.3 Å². The summed E-state index contributed by atoms with van der Waals surface area (Å²) in [5, 5.41) is 6.89. The molecule has 0 fully saturated rings. The molecule has 0 unspecified atom stereocenters. The van der Waals surface area contributed by atoms with E-state index in [1.165, 1.54) is 5.56 Å². The predicted octanol–water partition coefficient (Wildman–Crippen LogP) is 3.70. The Morgan fingerprint density at radius 2 is 1.92 bits per heavy atom. The van der Waals surface area contributed by atoms with Crippen LogP contribution in [-0.2, 0) is 17.8 Å². The highest BCUT2D eigenvalue weighted by Crippen LogP contribution is 2.18. The molecule has 128 valence electrons. The predicted molar refractivity (Wildman–Crippen MR) is 94.2 cm³/mol. The Morgan fingerprint density at radius 1 is 1.16 bits per heavy atom. The number of para-hydroxylation sites is 1. The Kier molecular flexibility index (Phi) is 5.09. The van der Waals surface area contributed by atoms with Crippen molar-refractivity contribution in [3.63, 3.8) is 0 Å². The van der Waals surface area contributed by atoms with Crippen molar-refractivity contribution in [1.82, 2.24) is 10.1 Å². The molecule has 0 amide bonds. The molecule has 3 aromatic rings. The van der Waals surface area contributed by atoms with E-state index in [4.69, 9.17) is 9.26 Å². The van der Waals surface area contributed by atoms with Gasteiger partial charge in [-0.3, -0.25) is 0 Å². The first-order chi connectivity index (χ1) is 12.2. The lowest BCUT2D eigenvalue weighted by Crippen LogP contribution is -2.08. The number of aromatic nitrogens is 2. The smallest absolute Gasteiger partial charge is 0.340 e. The molecule has 0 atom stereocenters. The summed E-state index contributed by atoms with van der Waals surface area (Å²) in [6, 6.07) is 15.1. The number of anilines is 1. The van der Waals surface area contributed by atoms with E-state index in [2.05, 4.69) is 22.4 Å². The van der Waals surface area contributed by atoms with Crippen LogP contribution in [0.15, 0.2) is 53.1 Å². The Labute approximate surface area is 145 Å². The van der Waals surface area contributed by atoms with Gasteiger partial charge in [0.25, 0.3) is 5.89 Å². The van der Waals surface area contributed by atoms with Crippen LogP contribution < -0.4 is 5.32 Å². The number of benzene rings is 2. The molecule has 0 aliphatic carbocycles. The second-order valence-electron chi connectivity index (χ2n) is 5.43. The molecule has 6 nitrogen and oxygen atoms in total. The van der Waals surface area contributed by atoms with Gasteiger partial charge in [0.15, 0.2) is 6.61 Å². The fraction of sp³-hybridized carbons (Fsp3) is 0.211. The van der Waals surface area contributed by atoms with Crippen LogP contribution >= 0.6 is 0 Å². The number of carbonyl (C=O) groups excluding carboxylic acids is 1. The quantitative estimate of drug-likeness (QED) is 0.691. The SMILES string of the molecule is CCc1ccc(-c2noc(COC(=O)c3ccccc3NC)n2)cc1. The molecule has 0 aliphatic rings. The van der Waals surface area contributed by atoms with Crippen LogP contribution in [0.25, 0.3) is 11.4 Å². The lowest BCUT2D eigenvalue weighted by Gasteiger charge is -2.07. The molecule has 6 heteroatoms. The summed E-state index contributed by atoms with van der Waals surface area (Å²) >= 11 is 0. The van der Waals surface area contributed by atoms with Crippen molar-refractivity contribution in [3.8, 4) is 11.4 Å². The first-order valence-electron chi connectivity index (χ1n) is 8.07. The van der Waals surface area contributed by atoms with E-state index in [1.54, 1.807) is 25.2 Å². The van der Waals surface area contributed by atoms with E-state index >= 15 is 0 Å². The molecule has 2 aromatic carbocycles. The lowest BCUT2D eigenvalue weighted by molar-refractivity contribution is 0.0431. The molecule has 0 spiro atoms. The third-order valence-electron chi connectivity index (χ3n) is 3.83. The first-order valence-corrected chi connectivity index (χ1v) is 8.07. The zero-order valence-corrected chi connectivity index (χ0v) is 14.2. The highest BCUT2D eigenvalue weighted by Gasteiger charge is 2.14. The van der Waals surface area contributed by atoms with E-state index in [0.29, 0.717) is 17.1 Å². The molecule has 1 heterocycles. The zero-order valence-electron chi connectivity index (χ0n) is 14.2. The molecular weight excluding hydrogens is 318 g/mol. The van der Waals surface area contributed by atoms with Gasteiger partial charge in [-0.05, 0) is 24.1 Å². The van der Waals surface area contributed by atoms with Gasteiger partial charge in [-0.25, -0.2) is 4.79 Å². The second-order valence-corrected chi connectivity index (χ2v) is 5.43. The number of hydrogen-bond acceptors (Lipinski definition) is 6. The average molecular weight is 337 g/mol. The molecular formula is C19H19N3O3. The Morgan fingerprint density at radius 3 is 2.64 bits per heavy atom. The number of aryl methyl sites for hydroxylation is 1. The summed E-state index contributed by atoms with van der Waals surface area (Å²) in [7, 11) is 1.75. The number of ether oxygens (including phenoxy) is 1. The lowest BCUT2D eigenvalue weighted by atomic mass is 10.1. The summed E-state index contributed by atoms with van der Waals surface area (Å²) in [5.74, 6) is 0.284. The zero-order chi connectivity index (χ0) is 17.6. The van der Waals surface area contributed by atoms with Gasteiger partial charge in [0.05, 0.1) is 5.56 Å². The minimum absolute atomic E-state index is 0.0725. The Bertz CT molecular complexity index is 856. The van der Waals surface area contributed by atoms with Gasteiger partial charge in [-0.1, -0.05) is 48.5 Å². The van der Waals surface area contributed by atoms with Crippen LogP contribution in [0, 0.1) is 0 Å². The van der Waals surface area contributed by atoms with Gasteiger partial charge in [-0.2, -0.15) is 4.98 Å². The fourth-order valence-corrected chi connectivity index (χ4v) is 2.40. The standard InChI is InChI=1S/C19H19N3O3/c1-3-13-8-10-14(11-9-13)18-21-17(25-22-18)12-24-19(23)15-6-4-5-7-16(15)20-2/h4-11,20H,3,12H2,1-2H3. The van der Waals surface area contributed by atoms with Crippen molar-refractivity contribution in [1.29, 1.82) is 0 Å². The maximum atomic E-state index is 12.2. The largest absolute Gasteiger partial charge is 0.452 e. The number of rotatable bonds is 6. The van der Waals surface area contributed by atoms with Crippen molar-refractivity contribution in [2.75, 3.05) is 12.4 Å². The number of nitrogens with one attached hydrogen (secondary N) is 1. The van der Waals surface area contributed by atoms with Crippen LogP contribution in [0.3, 0.4) is 0 Å². The molecule has 0 saturated carbocycles. The van der Waals surface area contributed by atoms with Gasteiger partial charge in [0.2, 0.25) is 5.82 Å². The number of nitrogens with zero attached hydrogens (tertiary/aromatic N) is 2. The highest BCUT2D eigenvalue weighted by molar-refractivity contribution is 5.95. The summed E-state index contributed by atoms with van der Waals surface area (Å²) in [5.41, 5.74) is 3.26. The maximum absolute atomic E-state index is 12.2. The summed E-state index contributed by atoms with van der Waals surface area (Å²) in [4.78, 5) is 16.5. The summed E-state index contributed by atoms with van der Waals surface area (Å²) in [6.45, 7) is 2.03. The second kappa shape index (κ2) is 7.61.